The third-order valence-electron chi connectivity index (χ3n) is 1.35. The number of hydrogen-bond donors (Lipinski definition) is 1. The molecular formula is C6H14N2O. The Morgan fingerprint density at radius 2 is 2.56 bits per heavy atom. The van der Waals surface area contributed by atoms with Crippen LogP contribution in [0.5, 0.6) is 0 Å². The maximum absolute atomic E-state index is 5.20. The first-order valence-corrected chi connectivity index (χ1v) is 3.49. The number of ether oxygens (including phenoxy) is 1. The second-order valence-electron chi connectivity index (χ2n) is 2.17. The maximum atomic E-state index is 5.20. The van der Waals surface area contributed by atoms with Gasteiger partial charge in [0.2, 0.25) is 0 Å². The highest BCUT2D eigenvalue weighted by Crippen LogP contribution is 1.95. The standard InChI is InChI=1S/C6H14N2O/c1-2-7-8-4-3-5-9-6-8/h7H,2-6H2,1H3. The third-order valence-corrected chi connectivity index (χ3v) is 1.35. The molecule has 0 aromatic rings. The van der Waals surface area contributed by atoms with Crippen molar-refractivity contribution < 1.29 is 4.74 Å². The van der Waals surface area contributed by atoms with E-state index in [1.807, 2.05) is 0 Å². The zero-order valence-corrected chi connectivity index (χ0v) is 5.89. The second kappa shape index (κ2) is 3.82. The van der Waals surface area contributed by atoms with Crippen LogP contribution < -0.4 is 5.43 Å². The number of rotatable bonds is 2. The first-order chi connectivity index (χ1) is 4.43. The molecule has 0 aromatic carbocycles. The highest BCUT2D eigenvalue weighted by atomic mass is 16.5. The Balaban J connectivity index is 2.08. The van der Waals surface area contributed by atoms with E-state index in [0.717, 1.165) is 32.8 Å². The van der Waals surface area contributed by atoms with Crippen LogP contribution in [0.2, 0.25) is 0 Å². The van der Waals surface area contributed by atoms with Crippen molar-refractivity contribution in [3.05, 3.63) is 0 Å². The fourth-order valence-electron chi connectivity index (χ4n) is 0.945. The zero-order valence-electron chi connectivity index (χ0n) is 5.89. The predicted molar refractivity (Wildman–Crippen MR) is 35.8 cm³/mol. The molecule has 0 aromatic heterocycles. The minimum Gasteiger partial charge on any atom is -0.365 e. The molecule has 0 bridgehead atoms. The largest absolute Gasteiger partial charge is 0.365 e. The summed E-state index contributed by atoms with van der Waals surface area (Å²) < 4.78 is 5.20. The molecule has 1 rings (SSSR count). The molecule has 1 fully saturated rings. The molecule has 0 saturated carbocycles. The molecule has 1 N–H and O–H groups in total. The fourth-order valence-corrected chi connectivity index (χ4v) is 0.945. The Hall–Kier alpha value is -0.120. The van der Waals surface area contributed by atoms with Gasteiger partial charge >= 0.3 is 0 Å². The van der Waals surface area contributed by atoms with Gasteiger partial charge in [0.1, 0.15) is 6.73 Å². The van der Waals surface area contributed by atoms with Gasteiger partial charge in [-0.3, -0.25) is 5.43 Å². The summed E-state index contributed by atoms with van der Waals surface area (Å²) in [6.45, 7) is 5.86. The number of hydrazine groups is 1. The Morgan fingerprint density at radius 3 is 3.11 bits per heavy atom. The summed E-state index contributed by atoms with van der Waals surface area (Å²) in [5.74, 6) is 0. The molecule has 0 aliphatic carbocycles. The molecule has 3 heteroatoms. The Bertz CT molecular complexity index is 68.7. The van der Waals surface area contributed by atoms with Crippen molar-refractivity contribution >= 4 is 0 Å². The van der Waals surface area contributed by atoms with Crippen molar-refractivity contribution in [3.63, 3.8) is 0 Å². The van der Waals surface area contributed by atoms with Crippen LogP contribution in [-0.4, -0.2) is 31.4 Å². The van der Waals surface area contributed by atoms with Crippen molar-refractivity contribution in [2.75, 3.05) is 26.4 Å². The summed E-state index contributed by atoms with van der Waals surface area (Å²) in [5.41, 5.74) is 3.19. The lowest BCUT2D eigenvalue weighted by molar-refractivity contribution is -0.0402. The minimum atomic E-state index is 0.744. The van der Waals surface area contributed by atoms with Gasteiger partial charge in [-0.2, -0.15) is 0 Å². The number of nitrogens with one attached hydrogen (secondary N) is 1. The molecule has 1 heterocycles. The molecular weight excluding hydrogens is 116 g/mol. The van der Waals surface area contributed by atoms with E-state index in [9.17, 15) is 0 Å². The topological polar surface area (TPSA) is 24.5 Å². The molecule has 0 atom stereocenters. The van der Waals surface area contributed by atoms with E-state index in [1.165, 1.54) is 0 Å². The smallest absolute Gasteiger partial charge is 0.112 e. The van der Waals surface area contributed by atoms with Gasteiger partial charge in [-0.1, -0.05) is 6.92 Å². The van der Waals surface area contributed by atoms with E-state index >= 15 is 0 Å². The van der Waals surface area contributed by atoms with Crippen LogP contribution >= 0.6 is 0 Å². The average molecular weight is 130 g/mol. The molecule has 0 unspecified atom stereocenters. The summed E-state index contributed by atoms with van der Waals surface area (Å²) in [5, 5.41) is 2.10. The molecule has 0 radical (unpaired) electrons. The van der Waals surface area contributed by atoms with E-state index in [1.54, 1.807) is 0 Å². The lowest BCUT2D eigenvalue weighted by Crippen LogP contribution is -2.43. The summed E-state index contributed by atoms with van der Waals surface area (Å²) in [6.07, 6.45) is 1.15. The van der Waals surface area contributed by atoms with Gasteiger partial charge in [0.05, 0.1) is 0 Å². The Labute approximate surface area is 56.0 Å². The fraction of sp³-hybridized carbons (Fsp3) is 1.00. The number of nitrogens with zero attached hydrogens (tertiary/aromatic N) is 1. The van der Waals surface area contributed by atoms with E-state index in [0.29, 0.717) is 0 Å². The van der Waals surface area contributed by atoms with E-state index in [4.69, 9.17) is 4.74 Å². The van der Waals surface area contributed by atoms with Crippen LogP contribution in [0.4, 0.5) is 0 Å². The van der Waals surface area contributed by atoms with Crippen molar-refractivity contribution in [1.82, 2.24) is 10.4 Å². The molecule has 0 spiro atoms. The van der Waals surface area contributed by atoms with Crippen molar-refractivity contribution in [2.45, 2.75) is 13.3 Å². The van der Waals surface area contributed by atoms with Crippen LogP contribution in [0.15, 0.2) is 0 Å². The minimum absolute atomic E-state index is 0.744. The van der Waals surface area contributed by atoms with Crippen LogP contribution in [-0.2, 0) is 4.74 Å². The highest BCUT2D eigenvalue weighted by molar-refractivity contribution is 4.51. The highest BCUT2D eigenvalue weighted by Gasteiger charge is 2.06. The zero-order chi connectivity index (χ0) is 6.53. The summed E-state index contributed by atoms with van der Waals surface area (Å²) in [6, 6.07) is 0. The first-order valence-electron chi connectivity index (χ1n) is 3.49. The molecule has 3 nitrogen and oxygen atoms in total. The molecule has 9 heavy (non-hydrogen) atoms. The first kappa shape index (κ1) is 6.99. The van der Waals surface area contributed by atoms with E-state index in [2.05, 4.69) is 17.4 Å². The van der Waals surface area contributed by atoms with Gasteiger partial charge in [-0.15, -0.1) is 0 Å². The van der Waals surface area contributed by atoms with Crippen LogP contribution in [0, 0.1) is 0 Å². The third kappa shape index (κ3) is 2.30. The average Bonchev–Trinajstić information content (AvgIpc) is 1.91. The van der Waals surface area contributed by atoms with Gasteiger partial charge in [-0.25, -0.2) is 5.01 Å². The van der Waals surface area contributed by atoms with Crippen LogP contribution in [0.3, 0.4) is 0 Å². The van der Waals surface area contributed by atoms with Gasteiger partial charge in [0.15, 0.2) is 0 Å². The van der Waals surface area contributed by atoms with Crippen molar-refractivity contribution in [2.24, 2.45) is 0 Å². The summed E-state index contributed by atoms with van der Waals surface area (Å²) in [4.78, 5) is 0. The molecule has 0 amide bonds. The second-order valence-corrected chi connectivity index (χ2v) is 2.17. The van der Waals surface area contributed by atoms with Gasteiger partial charge in [0.25, 0.3) is 0 Å². The van der Waals surface area contributed by atoms with Crippen LogP contribution in [0.25, 0.3) is 0 Å². The lowest BCUT2D eigenvalue weighted by Gasteiger charge is -2.26. The molecule has 1 aliphatic heterocycles. The Kier molecular flexibility index (Phi) is 2.97. The SMILES string of the molecule is CCNN1CCCOC1. The lowest BCUT2D eigenvalue weighted by atomic mass is 10.4. The van der Waals surface area contributed by atoms with Gasteiger partial charge < -0.3 is 4.74 Å². The molecule has 54 valence electrons. The van der Waals surface area contributed by atoms with Gasteiger partial charge in [-0.05, 0) is 6.42 Å². The maximum Gasteiger partial charge on any atom is 0.112 e. The monoisotopic (exact) mass is 130 g/mol. The Morgan fingerprint density at radius 1 is 1.67 bits per heavy atom. The quantitative estimate of drug-likeness (QED) is 0.577. The van der Waals surface area contributed by atoms with Gasteiger partial charge in [0, 0.05) is 19.7 Å². The van der Waals surface area contributed by atoms with E-state index in [-0.39, 0.29) is 0 Å². The predicted octanol–water partition coefficient (Wildman–Crippen LogP) is 0.191. The van der Waals surface area contributed by atoms with Crippen molar-refractivity contribution in [1.29, 1.82) is 0 Å². The van der Waals surface area contributed by atoms with E-state index < -0.39 is 0 Å². The molecule has 1 saturated heterocycles. The molecule has 1 aliphatic rings. The van der Waals surface area contributed by atoms with Crippen molar-refractivity contribution in [3.8, 4) is 0 Å². The summed E-state index contributed by atoms with van der Waals surface area (Å²) in [7, 11) is 0. The van der Waals surface area contributed by atoms with Crippen LogP contribution in [0.1, 0.15) is 13.3 Å². The number of hydrogen-bond acceptors (Lipinski definition) is 3. The summed E-state index contributed by atoms with van der Waals surface area (Å²) >= 11 is 0. The normalized spacial score (nSPS) is 22.3.